The zero-order valence-electron chi connectivity index (χ0n) is 18.2. The van der Waals surface area contributed by atoms with E-state index in [1.54, 1.807) is 0 Å². The highest BCUT2D eigenvalue weighted by Gasteiger charge is 2.09. The molecule has 0 atom stereocenters. The van der Waals surface area contributed by atoms with E-state index in [4.69, 9.17) is 0 Å². The largest absolute Gasteiger partial charge is 0.356 e. The number of anilines is 2. The normalized spacial score (nSPS) is 11.0. The maximum absolute atomic E-state index is 3.46. The molecule has 33 heavy (non-hydrogen) atoms. The van der Waals surface area contributed by atoms with Crippen molar-refractivity contribution in [1.29, 1.82) is 0 Å². The van der Waals surface area contributed by atoms with Crippen LogP contribution in [0.1, 0.15) is 0 Å². The smallest absolute Gasteiger partial charge is 0.0384 e. The third kappa shape index (κ3) is 3.75. The van der Waals surface area contributed by atoms with Crippen molar-refractivity contribution in [3.8, 4) is 22.3 Å². The van der Waals surface area contributed by atoms with Gasteiger partial charge in [0.1, 0.15) is 0 Å². The quantitative estimate of drug-likeness (QED) is 0.299. The molecule has 6 aromatic carbocycles. The highest BCUT2D eigenvalue weighted by molar-refractivity contribution is 6.06. The van der Waals surface area contributed by atoms with Crippen LogP contribution in [-0.4, -0.2) is 0 Å². The predicted molar refractivity (Wildman–Crippen MR) is 142 cm³/mol. The zero-order valence-corrected chi connectivity index (χ0v) is 18.2. The lowest BCUT2D eigenvalue weighted by Crippen LogP contribution is -1.89. The number of benzene rings is 6. The van der Waals surface area contributed by atoms with Crippen molar-refractivity contribution in [3.05, 3.63) is 133 Å². The van der Waals surface area contributed by atoms with Crippen molar-refractivity contribution in [3.63, 3.8) is 0 Å². The fraction of sp³-hybridized carbons (Fsp3) is 0. The molecule has 0 spiro atoms. The molecule has 156 valence electrons. The molecule has 0 heterocycles. The van der Waals surface area contributed by atoms with E-state index in [1.807, 2.05) is 18.2 Å². The molecule has 1 nitrogen and oxygen atoms in total. The number of fused-ring (bicyclic) bond motifs is 2. The van der Waals surface area contributed by atoms with Crippen molar-refractivity contribution in [1.82, 2.24) is 0 Å². The molecule has 0 aliphatic rings. The average molecular weight is 422 g/mol. The number of rotatable bonds is 4. The topological polar surface area (TPSA) is 12.0 Å². The van der Waals surface area contributed by atoms with Crippen molar-refractivity contribution in [2.24, 2.45) is 0 Å². The summed E-state index contributed by atoms with van der Waals surface area (Å²) < 4.78 is 0. The molecule has 0 saturated heterocycles. The Bertz CT molecular complexity index is 1560. The molecule has 0 aliphatic carbocycles. The molecule has 0 saturated carbocycles. The van der Waals surface area contributed by atoms with Gasteiger partial charge in [0.15, 0.2) is 0 Å². The van der Waals surface area contributed by atoms with Gasteiger partial charge in [0.2, 0.25) is 0 Å². The second-order valence-corrected chi connectivity index (χ2v) is 8.34. The fourth-order valence-corrected chi connectivity index (χ4v) is 4.58. The maximum Gasteiger partial charge on any atom is 0.0384 e. The Labute approximate surface area is 194 Å². The Balaban J connectivity index is 1.41. The van der Waals surface area contributed by atoms with Crippen molar-refractivity contribution < 1.29 is 0 Å². The SMILES string of the molecule is c1ccc(Nc2ccc(-c3ccc4cccc(-c5cccc6ccccc56)c4c3)cc2)cc1. The van der Waals surface area contributed by atoms with Crippen molar-refractivity contribution in [2.45, 2.75) is 0 Å². The van der Waals surface area contributed by atoms with E-state index < -0.39 is 0 Å². The average Bonchev–Trinajstić information content (AvgIpc) is 2.89. The molecular weight excluding hydrogens is 398 g/mol. The molecule has 0 aromatic heterocycles. The van der Waals surface area contributed by atoms with Gasteiger partial charge in [-0.3, -0.25) is 0 Å². The molecule has 0 radical (unpaired) electrons. The van der Waals surface area contributed by atoms with Crippen LogP contribution in [0.15, 0.2) is 133 Å². The van der Waals surface area contributed by atoms with E-state index in [-0.39, 0.29) is 0 Å². The summed E-state index contributed by atoms with van der Waals surface area (Å²) in [7, 11) is 0. The van der Waals surface area contributed by atoms with Gasteiger partial charge in [0, 0.05) is 11.4 Å². The number of hydrogen-bond acceptors (Lipinski definition) is 1. The Morgan fingerprint density at radius 1 is 0.364 bits per heavy atom. The number of para-hydroxylation sites is 1. The van der Waals surface area contributed by atoms with Crippen molar-refractivity contribution in [2.75, 3.05) is 5.32 Å². The van der Waals surface area contributed by atoms with E-state index in [0.29, 0.717) is 0 Å². The maximum atomic E-state index is 3.46. The molecule has 6 aromatic rings. The molecule has 0 fully saturated rings. The molecule has 0 bridgehead atoms. The highest BCUT2D eigenvalue weighted by atomic mass is 14.9. The minimum absolute atomic E-state index is 1.09. The zero-order chi connectivity index (χ0) is 22.0. The third-order valence-corrected chi connectivity index (χ3v) is 6.24. The first-order chi connectivity index (χ1) is 16.3. The molecule has 1 N–H and O–H groups in total. The van der Waals surface area contributed by atoms with Gasteiger partial charge < -0.3 is 5.32 Å². The highest BCUT2D eigenvalue weighted by Crippen LogP contribution is 2.36. The van der Waals surface area contributed by atoms with Crippen LogP contribution in [0, 0.1) is 0 Å². The molecular formula is C32H23N. The Morgan fingerprint density at radius 3 is 1.73 bits per heavy atom. The van der Waals surface area contributed by atoms with E-state index in [0.717, 1.165) is 11.4 Å². The Hall–Kier alpha value is -4.36. The molecule has 0 aliphatic heterocycles. The van der Waals surface area contributed by atoms with Gasteiger partial charge in [0.25, 0.3) is 0 Å². The monoisotopic (exact) mass is 421 g/mol. The first kappa shape index (κ1) is 19.3. The van der Waals surface area contributed by atoms with Crippen LogP contribution in [-0.2, 0) is 0 Å². The van der Waals surface area contributed by atoms with Crippen LogP contribution < -0.4 is 5.32 Å². The Morgan fingerprint density at radius 2 is 0.939 bits per heavy atom. The van der Waals surface area contributed by atoms with Crippen LogP contribution >= 0.6 is 0 Å². The van der Waals surface area contributed by atoms with Crippen LogP contribution in [0.2, 0.25) is 0 Å². The standard InChI is InChI=1S/C32H23N/c1-2-11-27(12-3-1)33-28-20-18-23(19-21-28)26-17-16-25-10-7-15-31(32(25)22-26)30-14-6-9-24-8-4-5-13-29(24)30/h1-22,33H. The summed E-state index contributed by atoms with van der Waals surface area (Å²) in [6.45, 7) is 0. The lowest BCUT2D eigenvalue weighted by atomic mass is 9.92. The predicted octanol–water partition coefficient (Wildman–Crippen LogP) is 9.07. The van der Waals surface area contributed by atoms with Crippen molar-refractivity contribution >= 4 is 32.9 Å². The lowest BCUT2D eigenvalue weighted by Gasteiger charge is -2.12. The summed E-state index contributed by atoms with van der Waals surface area (Å²) >= 11 is 0. The number of nitrogens with one attached hydrogen (secondary N) is 1. The van der Waals surface area contributed by atoms with Crippen LogP contribution in [0.25, 0.3) is 43.8 Å². The lowest BCUT2D eigenvalue weighted by molar-refractivity contribution is 1.54. The Kier molecular flexibility index (Phi) is 4.86. The van der Waals surface area contributed by atoms with Gasteiger partial charge in [-0.15, -0.1) is 0 Å². The summed E-state index contributed by atoms with van der Waals surface area (Å²) in [5.41, 5.74) is 7.16. The van der Waals surface area contributed by atoms with Gasteiger partial charge in [-0.25, -0.2) is 0 Å². The second kappa shape index (κ2) is 8.29. The van der Waals surface area contributed by atoms with E-state index in [1.165, 1.54) is 43.8 Å². The molecule has 0 amide bonds. The number of hydrogen-bond donors (Lipinski definition) is 1. The van der Waals surface area contributed by atoms with Crippen LogP contribution in [0.4, 0.5) is 11.4 Å². The first-order valence-corrected chi connectivity index (χ1v) is 11.3. The van der Waals surface area contributed by atoms with E-state index in [2.05, 4.69) is 121 Å². The second-order valence-electron chi connectivity index (χ2n) is 8.34. The molecule has 0 unspecified atom stereocenters. The summed E-state index contributed by atoms with van der Waals surface area (Å²) in [5.74, 6) is 0. The van der Waals surface area contributed by atoms with Crippen LogP contribution in [0.5, 0.6) is 0 Å². The van der Waals surface area contributed by atoms with Gasteiger partial charge in [0.05, 0.1) is 0 Å². The minimum Gasteiger partial charge on any atom is -0.356 e. The fourth-order valence-electron chi connectivity index (χ4n) is 4.58. The van der Waals surface area contributed by atoms with Gasteiger partial charge in [-0.2, -0.15) is 0 Å². The first-order valence-electron chi connectivity index (χ1n) is 11.3. The summed E-state index contributed by atoms with van der Waals surface area (Å²) in [6.07, 6.45) is 0. The molecule has 6 rings (SSSR count). The van der Waals surface area contributed by atoms with Gasteiger partial charge in [-0.1, -0.05) is 103 Å². The van der Waals surface area contributed by atoms with E-state index >= 15 is 0 Å². The summed E-state index contributed by atoms with van der Waals surface area (Å²) in [4.78, 5) is 0. The van der Waals surface area contributed by atoms with Gasteiger partial charge in [-0.05, 0) is 74.1 Å². The molecule has 1 heteroatoms. The third-order valence-electron chi connectivity index (χ3n) is 6.24. The summed E-state index contributed by atoms with van der Waals surface area (Å²) in [6, 6.07) is 47.5. The summed E-state index contributed by atoms with van der Waals surface area (Å²) in [5, 5.41) is 8.55. The van der Waals surface area contributed by atoms with Gasteiger partial charge >= 0.3 is 0 Å². The minimum atomic E-state index is 1.09. The van der Waals surface area contributed by atoms with E-state index in [9.17, 15) is 0 Å². The van der Waals surface area contributed by atoms with Crippen LogP contribution in [0.3, 0.4) is 0 Å².